The minimum absolute atomic E-state index is 0.0491. The number of nitrogens with one attached hydrogen (secondary N) is 3. The van der Waals surface area contributed by atoms with Gasteiger partial charge in [0.05, 0.1) is 5.69 Å². The predicted octanol–water partition coefficient (Wildman–Crippen LogP) is 3.09. The van der Waals surface area contributed by atoms with Gasteiger partial charge < -0.3 is 10.6 Å². The number of halogens is 1. The van der Waals surface area contributed by atoms with Crippen molar-refractivity contribution in [2.24, 2.45) is 5.10 Å². The fourth-order valence-electron chi connectivity index (χ4n) is 2.76. The Labute approximate surface area is 155 Å². The molecule has 1 saturated heterocycles. The lowest BCUT2D eigenvalue weighted by Crippen LogP contribution is -2.28. The monoisotopic (exact) mass is 376 g/mol. The molecule has 3 rings (SSSR count). The van der Waals surface area contributed by atoms with E-state index in [0.717, 1.165) is 25.0 Å². The number of hydrogen-bond acceptors (Lipinski definition) is 5. The Kier molecular flexibility index (Phi) is 6.27. The van der Waals surface area contributed by atoms with Crippen LogP contribution < -0.4 is 16.1 Å². The maximum atomic E-state index is 13.6. The molecule has 0 spiro atoms. The maximum Gasteiger partial charge on any atom is 0.240 e. The average molecular weight is 376 g/mol. The molecule has 0 saturated carbocycles. The molecule has 1 aliphatic carbocycles. The first-order valence-electron chi connectivity index (χ1n) is 8.66. The number of allylic oxidation sites excluding steroid dienone is 2. The smallest absolute Gasteiger partial charge is 0.240 e. The van der Waals surface area contributed by atoms with E-state index in [-0.39, 0.29) is 18.0 Å². The van der Waals surface area contributed by atoms with Gasteiger partial charge in [-0.1, -0.05) is 36.4 Å². The third-order valence-corrected chi connectivity index (χ3v) is 5.22. The van der Waals surface area contributed by atoms with E-state index in [1.54, 1.807) is 12.1 Å². The first-order chi connectivity index (χ1) is 12.6. The summed E-state index contributed by atoms with van der Waals surface area (Å²) in [5, 5.41) is 9.26. The molecule has 0 radical (unpaired) electrons. The van der Waals surface area contributed by atoms with Gasteiger partial charge in [-0.05, 0) is 37.8 Å². The first kappa shape index (κ1) is 18.4. The van der Waals surface area contributed by atoms with Crippen LogP contribution in [0.3, 0.4) is 0 Å². The number of hydrogen-bond donors (Lipinski definition) is 3. The average Bonchev–Trinajstić information content (AvgIpc) is 2.82. The van der Waals surface area contributed by atoms with Crippen LogP contribution in [0.15, 0.2) is 41.1 Å². The van der Waals surface area contributed by atoms with Gasteiger partial charge in [0.15, 0.2) is 5.17 Å². The van der Waals surface area contributed by atoms with Crippen LogP contribution >= 0.6 is 11.8 Å². The van der Waals surface area contributed by atoms with Crippen molar-refractivity contribution in [1.82, 2.24) is 10.7 Å². The number of nitrogens with zero attached hydrogens (tertiary/aromatic N) is 1. The molecule has 1 atom stereocenters. The number of rotatable bonds is 5. The summed E-state index contributed by atoms with van der Waals surface area (Å²) in [5.74, 6) is -1.19. The fraction of sp³-hybridized carbons (Fsp3) is 0.389. The van der Waals surface area contributed by atoms with E-state index in [0.29, 0.717) is 5.17 Å². The topological polar surface area (TPSA) is 82.6 Å². The van der Waals surface area contributed by atoms with Crippen LogP contribution in [0.1, 0.15) is 38.5 Å². The highest BCUT2D eigenvalue weighted by Gasteiger charge is 2.32. The van der Waals surface area contributed by atoms with Crippen molar-refractivity contribution in [1.29, 1.82) is 0 Å². The van der Waals surface area contributed by atoms with E-state index in [1.807, 2.05) is 0 Å². The van der Waals surface area contributed by atoms with Gasteiger partial charge in [-0.2, -0.15) is 5.10 Å². The molecular formula is C18H21FN4O2S. The Morgan fingerprint density at radius 2 is 2.15 bits per heavy atom. The lowest BCUT2D eigenvalue weighted by Gasteiger charge is -2.08. The van der Waals surface area contributed by atoms with Gasteiger partial charge in [0, 0.05) is 12.1 Å². The van der Waals surface area contributed by atoms with E-state index in [2.05, 4.69) is 27.2 Å². The highest BCUT2D eigenvalue weighted by atomic mass is 32.2. The van der Waals surface area contributed by atoms with Crippen molar-refractivity contribution in [2.45, 2.75) is 43.8 Å². The van der Waals surface area contributed by atoms with Crippen molar-refractivity contribution < 1.29 is 14.0 Å². The molecule has 1 heterocycles. The summed E-state index contributed by atoms with van der Waals surface area (Å²) in [7, 11) is 0. The van der Waals surface area contributed by atoms with Crippen molar-refractivity contribution >= 4 is 34.4 Å². The highest BCUT2D eigenvalue weighted by molar-refractivity contribution is 8.15. The number of carbonyl (C=O) groups excluding carboxylic acids is 2. The minimum Gasteiger partial charge on any atom is -0.324 e. The van der Waals surface area contributed by atoms with E-state index >= 15 is 0 Å². The predicted molar refractivity (Wildman–Crippen MR) is 101 cm³/mol. The lowest BCUT2D eigenvalue weighted by molar-refractivity contribution is -0.122. The zero-order chi connectivity index (χ0) is 18.4. The van der Waals surface area contributed by atoms with Gasteiger partial charge in [0.25, 0.3) is 0 Å². The second-order valence-corrected chi connectivity index (χ2v) is 7.38. The molecule has 0 aromatic heterocycles. The number of carbonyl (C=O) groups is 2. The van der Waals surface area contributed by atoms with Crippen molar-refractivity contribution in [2.75, 3.05) is 5.32 Å². The van der Waals surface area contributed by atoms with Gasteiger partial charge in [0.2, 0.25) is 11.8 Å². The normalized spacial score (nSPS) is 21.7. The van der Waals surface area contributed by atoms with Crippen LogP contribution in [0.4, 0.5) is 10.1 Å². The van der Waals surface area contributed by atoms with Gasteiger partial charge in [-0.3, -0.25) is 15.0 Å². The van der Waals surface area contributed by atoms with Crippen LogP contribution in [0.2, 0.25) is 0 Å². The summed E-state index contributed by atoms with van der Waals surface area (Å²) in [6.45, 7) is 0. The standard InChI is InChI=1S/C18H21FN4O2S/c19-13-9-5-6-10-14(13)20-16(24)11-15-17(25)21-18(26-15)23-22-12-7-3-1-2-4-8-12/h5-7,9-10,15,22H,1-4,8,11H2,(H,20,24)(H,21,23,25). The quantitative estimate of drug-likeness (QED) is 0.690. The second-order valence-electron chi connectivity index (χ2n) is 6.19. The Balaban J connectivity index is 1.52. The Hall–Kier alpha value is -2.35. The van der Waals surface area contributed by atoms with Gasteiger partial charge in [-0.25, -0.2) is 4.39 Å². The van der Waals surface area contributed by atoms with E-state index in [1.165, 1.54) is 36.7 Å². The summed E-state index contributed by atoms with van der Waals surface area (Å²) >= 11 is 1.20. The molecule has 0 bridgehead atoms. The largest absolute Gasteiger partial charge is 0.324 e. The van der Waals surface area contributed by atoms with E-state index < -0.39 is 17.0 Å². The number of amides is 2. The van der Waals surface area contributed by atoms with Crippen molar-refractivity contribution in [3.8, 4) is 0 Å². The van der Waals surface area contributed by atoms with Crippen LogP contribution in [-0.2, 0) is 9.59 Å². The number of anilines is 1. The number of thioether (sulfide) groups is 1. The third kappa shape index (κ3) is 5.08. The Bertz CT molecular complexity index is 750. The summed E-state index contributed by atoms with van der Waals surface area (Å²) in [5.41, 5.74) is 4.18. The van der Waals surface area contributed by atoms with Gasteiger partial charge >= 0.3 is 0 Å². The molecule has 2 amide bonds. The van der Waals surface area contributed by atoms with Crippen molar-refractivity contribution in [3.63, 3.8) is 0 Å². The lowest BCUT2D eigenvalue weighted by atomic mass is 10.2. The molecule has 1 unspecified atom stereocenters. The zero-order valence-corrected chi connectivity index (χ0v) is 15.1. The van der Waals surface area contributed by atoms with Crippen LogP contribution in [0, 0.1) is 5.82 Å². The molecule has 8 heteroatoms. The molecule has 3 N–H and O–H groups in total. The van der Waals surface area contributed by atoms with Crippen LogP contribution in [0.5, 0.6) is 0 Å². The summed E-state index contributed by atoms with van der Waals surface area (Å²) < 4.78 is 13.6. The molecule has 26 heavy (non-hydrogen) atoms. The molecule has 1 aromatic carbocycles. The molecule has 1 aliphatic heterocycles. The first-order valence-corrected chi connectivity index (χ1v) is 9.54. The maximum absolute atomic E-state index is 13.6. The molecule has 1 aromatic rings. The summed E-state index contributed by atoms with van der Waals surface area (Å²) in [4.78, 5) is 24.1. The van der Waals surface area contributed by atoms with E-state index in [9.17, 15) is 14.0 Å². The molecule has 6 nitrogen and oxygen atoms in total. The summed E-state index contributed by atoms with van der Waals surface area (Å²) in [6.07, 6.45) is 7.59. The molecule has 2 aliphatic rings. The summed E-state index contributed by atoms with van der Waals surface area (Å²) in [6, 6.07) is 5.93. The Morgan fingerprint density at radius 1 is 1.31 bits per heavy atom. The number of benzene rings is 1. The number of para-hydroxylation sites is 1. The molecular weight excluding hydrogens is 355 g/mol. The highest BCUT2D eigenvalue weighted by Crippen LogP contribution is 2.23. The Morgan fingerprint density at radius 3 is 3.00 bits per heavy atom. The van der Waals surface area contributed by atoms with Crippen LogP contribution in [-0.4, -0.2) is 22.2 Å². The van der Waals surface area contributed by atoms with E-state index in [4.69, 9.17) is 0 Å². The van der Waals surface area contributed by atoms with Gasteiger partial charge in [-0.15, -0.1) is 0 Å². The number of hydrazone groups is 1. The molecule has 1 fully saturated rings. The van der Waals surface area contributed by atoms with Gasteiger partial charge in [0.1, 0.15) is 11.1 Å². The number of amidine groups is 1. The third-order valence-electron chi connectivity index (χ3n) is 4.14. The van der Waals surface area contributed by atoms with Crippen molar-refractivity contribution in [3.05, 3.63) is 41.9 Å². The zero-order valence-electron chi connectivity index (χ0n) is 14.3. The second kappa shape index (κ2) is 8.84. The minimum atomic E-state index is -0.578. The molecule has 138 valence electrons. The SMILES string of the molecule is O=C(CC1S/C(=N\NC2=CCCCCC2)NC1=O)Nc1ccccc1F. The van der Waals surface area contributed by atoms with Crippen LogP contribution in [0.25, 0.3) is 0 Å². The fourth-order valence-corrected chi connectivity index (χ4v) is 3.69.